The molecule has 0 bridgehead atoms. The highest BCUT2D eigenvalue weighted by atomic mass is 16.5. The summed E-state index contributed by atoms with van der Waals surface area (Å²) in [6, 6.07) is 9.53. The van der Waals surface area contributed by atoms with Gasteiger partial charge in [-0.1, -0.05) is 23.4 Å². The van der Waals surface area contributed by atoms with Crippen molar-refractivity contribution in [1.82, 2.24) is 15.5 Å². The molecule has 1 aromatic heterocycles. The predicted molar refractivity (Wildman–Crippen MR) is 66.6 cm³/mol. The number of morpholine rings is 1. The van der Waals surface area contributed by atoms with Crippen LogP contribution in [0.25, 0.3) is 0 Å². The molecule has 0 radical (unpaired) electrons. The molecule has 1 atom stereocenters. The van der Waals surface area contributed by atoms with Crippen molar-refractivity contribution >= 4 is 0 Å². The summed E-state index contributed by atoms with van der Waals surface area (Å²) in [6.45, 7) is 2.36. The summed E-state index contributed by atoms with van der Waals surface area (Å²) < 4.78 is 16.1. The average Bonchev–Trinajstić information content (AvgIpc) is 2.96. The number of hydrogen-bond donors (Lipinski definition) is 1. The van der Waals surface area contributed by atoms with Gasteiger partial charge < -0.3 is 19.3 Å². The minimum absolute atomic E-state index is 0.00275. The van der Waals surface area contributed by atoms with Crippen LogP contribution in [-0.4, -0.2) is 29.9 Å². The normalized spacial score (nSPS) is 19.3. The first-order chi connectivity index (χ1) is 9.42. The van der Waals surface area contributed by atoms with Gasteiger partial charge >= 0.3 is 0 Å². The van der Waals surface area contributed by atoms with E-state index in [1.165, 1.54) is 0 Å². The van der Waals surface area contributed by atoms with E-state index in [9.17, 15) is 0 Å². The number of benzene rings is 1. The Morgan fingerprint density at radius 2 is 2.21 bits per heavy atom. The van der Waals surface area contributed by atoms with E-state index in [0.29, 0.717) is 18.3 Å². The predicted octanol–water partition coefficient (Wildman–Crippen LogP) is 1.31. The van der Waals surface area contributed by atoms with Crippen LogP contribution in [0.5, 0.6) is 5.75 Å². The van der Waals surface area contributed by atoms with Crippen molar-refractivity contribution in [2.24, 2.45) is 0 Å². The SMILES string of the molecule is c1ccc(OCc2nc(C3COCCN3)no2)cc1. The maximum Gasteiger partial charge on any atom is 0.264 e. The van der Waals surface area contributed by atoms with E-state index in [1.54, 1.807) is 0 Å². The molecule has 1 aromatic carbocycles. The monoisotopic (exact) mass is 261 g/mol. The van der Waals surface area contributed by atoms with Crippen LogP contribution < -0.4 is 10.1 Å². The van der Waals surface area contributed by atoms with Gasteiger partial charge in [-0.05, 0) is 12.1 Å². The van der Waals surface area contributed by atoms with Gasteiger partial charge in [-0.2, -0.15) is 4.98 Å². The lowest BCUT2D eigenvalue weighted by Gasteiger charge is -2.20. The maximum absolute atomic E-state index is 5.54. The second-order valence-corrected chi connectivity index (χ2v) is 4.23. The van der Waals surface area contributed by atoms with E-state index in [-0.39, 0.29) is 12.6 Å². The molecule has 1 aliphatic rings. The second kappa shape index (κ2) is 5.81. The zero-order valence-electron chi connectivity index (χ0n) is 10.4. The molecule has 2 heterocycles. The molecule has 1 saturated heterocycles. The molecule has 1 unspecified atom stereocenters. The van der Waals surface area contributed by atoms with Crippen molar-refractivity contribution < 1.29 is 14.0 Å². The molecule has 0 spiro atoms. The van der Waals surface area contributed by atoms with E-state index in [1.807, 2.05) is 30.3 Å². The first-order valence-electron chi connectivity index (χ1n) is 6.23. The third-order valence-corrected chi connectivity index (χ3v) is 2.82. The molecule has 3 rings (SSSR count). The molecule has 1 aliphatic heterocycles. The smallest absolute Gasteiger partial charge is 0.264 e. The lowest BCUT2D eigenvalue weighted by molar-refractivity contribution is 0.0734. The summed E-state index contributed by atoms with van der Waals surface area (Å²) in [5.74, 6) is 1.86. The first kappa shape index (κ1) is 12.1. The fraction of sp³-hybridized carbons (Fsp3) is 0.385. The van der Waals surface area contributed by atoms with Crippen LogP contribution in [0.4, 0.5) is 0 Å². The van der Waals surface area contributed by atoms with Gasteiger partial charge in [-0.3, -0.25) is 0 Å². The van der Waals surface area contributed by atoms with Crippen LogP contribution in [0.1, 0.15) is 17.8 Å². The molecule has 100 valence electrons. The molecular formula is C13H15N3O3. The summed E-state index contributed by atoms with van der Waals surface area (Å²) in [6.07, 6.45) is 0. The number of para-hydroxylation sites is 1. The Labute approximate surface area is 110 Å². The quantitative estimate of drug-likeness (QED) is 0.895. The van der Waals surface area contributed by atoms with Gasteiger partial charge in [0, 0.05) is 6.54 Å². The molecule has 6 nitrogen and oxygen atoms in total. The minimum atomic E-state index is 0.00275. The average molecular weight is 261 g/mol. The fourth-order valence-electron chi connectivity index (χ4n) is 1.86. The van der Waals surface area contributed by atoms with Crippen molar-refractivity contribution in [3.63, 3.8) is 0 Å². The van der Waals surface area contributed by atoms with Crippen molar-refractivity contribution in [1.29, 1.82) is 0 Å². The van der Waals surface area contributed by atoms with Crippen LogP contribution in [0.3, 0.4) is 0 Å². The zero-order valence-corrected chi connectivity index (χ0v) is 10.4. The minimum Gasteiger partial charge on any atom is -0.484 e. The Balaban J connectivity index is 1.58. The maximum atomic E-state index is 5.54. The van der Waals surface area contributed by atoms with E-state index in [0.717, 1.165) is 18.9 Å². The van der Waals surface area contributed by atoms with Gasteiger partial charge in [0.2, 0.25) is 0 Å². The molecule has 0 saturated carbocycles. The van der Waals surface area contributed by atoms with Crippen LogP contribution in [-0.2, 0) is 11.3 Å². The first-order valence-corrected chi connectivity index (χ1v) is 6.23. The number of rotatable bonds is 4. The largest absolute Gasteiger partial charge is 0.484 e. The third kappa shape index (κ3) is 3.10. The standard InChI is InChI=1S/C13H15N3O3/c1-2-4-10(5-3-1)18-9-12-15-13(16-19-12)11-8-17-7-6-14-11/h1-5,11,14H,6-9H2. The van der Waals surface area contributed by atoms with E-state index in [4.69, 9.17) is 14.0 Å². The topological polar surface area (TPSA) is 69.4 Å². The summed E-state index contributed by atoms with van der Waals surface area (Å²) in [7, 11) is 0. The fourth-order valence-corrected chi connectivity index (χ4v) is 1.86. The number of nitrogens with zero attached hydrogens (tertiary/aromatic N) is 2. The van der Waals surface area contributed by atoms with Gasteiger partial charge in [-0.15, -0.1) is 0 Å². The van der Waals surface area contributed by atoms with Crippen molar-refractivity contribution in [3.8, 4) is 5.75 Å². The molecule has 1 N–H and O–H groups in total. The molecule has 19 heavy (non-hydrogen) atoms. The third-order valence-electron chi connectivity index (χ3n) is 2.82. The van der Waals surface area contributed by atoms with Crippen LogP contribution in [0.2, 0.25) is 0 Å². The molecule has 0 aliphatic carbocycles. The van der Waals surface area contributed by atoms with Gasteiger partial charge in [0.25, 0.3) is 5.89 Å². The molecule has 0 amide bonds. The van der Waals surface area contributed by atoms with E-state index < -0.39 is 0 Å². The number of nitrogens with one attached hydrogen (secondary N) is 1. The summed E-state index contributed by atoms with van der Waals surface area (Å²) in [4.78, 5) is 4.30. The molecule has 6 heteroatoms. The van der Waals surface area contributed by atoms with Crippen molar-refractivity contribution in [3.05, 3.63) is 42.0 Å². The van der Waals surface area contributed by atoms with Gasteiger partial charge in [-0.25, -0.2) is 0 Å². The zero-order chi connectivity index (χ0) is 12.9. The number of aromatic nitrogens is 2. The summed E-state index contributed by atoms with van der Waals surface area (Å²) in [5, 5.41) is 7.22. The Morgan fingerprint density at radius 1 is 1.32 bits per heavy atom. The second-order valence-electron chi connectivity index (χ2n) is 4.23. The molecule has 2 aromatic rings. The van der Waals surface area contributed by atoms with Crippen molar-refractivity contribution in [2.75, 3.05) is 19.8 Å². The highest BCUT2D eigenvalue weighted by Crippen LogP contribution is 2.14. The summed E-state index contributed by atoms with van der Waals surface area (Å²) >= 11 is 0. The molecule has 1 fully saturated rings. The van der Waals surface area contributed by atoms with Gasteiger partial charge in [0.05, 0.1) is 19.3 Å². The van der Waals surface area contributed by atoms with Gasteiger partial charge in [0.15, 0.2) is 12.4 Å². The highest BCUT2D eigenvalue weighted by Gasteiger charge is 2.20. The van der Waals surface area contributed by atoms with E-state index in [2.05, 4.69) is 15.5 Å². The Kier molecular flexibility index (Phi) is 3.71. The summed E-state index contributed by atoms with van der Waals surface area (Å²) in [5.41, 5.74) is 0. The highest BCUT2D eigenvalue weighted by molar-refractivity contribution is 5.20. The Bertz CT molecular complexity index is 509. The lowest BCUT2D eigenvalue weighted by Crippen LogP contribution is -2.35. The van der Waals surface area contributed by atoms with Crippen LogP contribution in [0.15, 0.2) is 34.9 Å². The lowest BCUT2D eigenvalue weighted by atomic mass is 10.2. The van der Waals surface area contributed by atoms with Gasteiger partial charge in [0.1, 0.15) is 5.75 Å². The Morgan fingerprint density at radius 3 is 3.00 bits per heavy atom. The Hall–Kier alpha value is -1.92. The molecular weight excluding hydrogens is 246 g/mol. The van der Waals surface area contributed by atoms with Crippen molar-refractivity contribution in [2.45, 2.75) is 12.6 Å². The number of hydrogen-bond acceptors (Lipinski definition) is 6. The van der Waals surface area contributed by atoms with Crippen LogP contribution >= 0.6 is 0 Å². The van der Waals surface area contributed by atoms with Crippen LogP contribution in [0, 0.1) is 0 Å². The van der Waals surface area contributed by atoms with E-state index >= 15 is 0 Å². The number of ether oxygens (including phenoxy) is 2.